The van der Waals surface area contributed by atoms with E-state index in [1.165, 1.54) is 11.3 Å². The van der Waals surface area contributed by atoms with E-state index in [0.717, 1.165) is 42.1 Å². The van der Waals surface area contributed by atoms with Crippen LogP contribution in [0.1, 0.15) is 52.9 Å². The number of nitrogen functional groups attached to an aromatic ring is 1. The predicted molar refractivity (Wildman–Crippen MR) is 109 cm³/mol. The number of benzene rings is 1. The number of nitriles is 1. The number of anilines is 2. The number of nitrogens with two attached hydrogens (primary N) is 1. The molecule has 7 heteroatoms. The minimum Gasteiger partial charge on any atom is -0.397 e. The Morgan fingerprint density at radius 3 is 2.56 bits per heavy atom. The highest BCUT2D eigenvalue weighted by molar-refractivity contribution is 9.10. The molecule has 27 heavy (non-hydrogen) atoms. The summed E-state index contributed by atoms with van der Waals surface area (Å²) in [5, 5.41) is 13.2. The fourth-order valence-electron chi connectivity index (χ4n) is 4.41. The number of fused-ring (bicyclic) bond motifs is 2. The van der Waals surface area contributed by atoms with Crippen molar-refractivity contribution in [3.05, 3.63) is 44.7 Å². The average molecular weight is 444 g/mol. The zero-order valence-electron chi connectivity index (χ0n) is 14.5. The van der Waals surface area contributed by atoms with Gasteiger partial charge in [-0.1, -0.05) is 35.2 Å². The summed E-state index contributed by atoms with van der Waals surface area (Å²) in [6.45, 7) is 0. The molecule has 0 radical (unpaired) electrons. The lowest BCUT2D eigenvalue weighted by atomic mass is 9.61. The quantitative estimate of drug-likeness (QED) is 0.661. The zero-order valence-corrected chi connectivity index (χ0v) is 17.0. The molecule has 0 saturated heterocycles. The van der Waals surface area contributed by atoms with Crippen molar-refractivity contribution in [3.8, 4) is 6.07 Å². The molecule has 1 aromatic carbocycles. The maximum absolute atomic E-state index is 13.0. The van der Waals surface area contributed by atoms with Gasteiger partial charge in [0.15, 0.2) is 0 Å². The number of rotatable bonds is 2. The lowest BCUT2D eigenvalue weighted by Gasteiger charge is -2.43. The Hall–Kier alpha value is -2.17. The third-order valence-corrected chi connectivity index (χ3v) is 7.33. The first-order valence-corrected chi connectivity index (χ1v) is 10.5. The van der Waals surface area contributed by atoms with Gasteiger partial charge in [0.25, 0.3) is 0 Å². The number of hydrogen-bond acceptors (Lipinski definition) is 5. The summed E-state index contributed by atoms with van der Waals surface area (Å²) in [5.74, 6) is -1.21. The largest absolute Gasteiger partial charge is 0.397 e. The van der Waals surface area contributed by atoms with E-state index in [9.17, 15) is 14.9 Å². The molecule has 3 N–H and O–H groups in total. The van der Waals surface area contributed by atoms with Crippen molar-refractivity contribution in [3.63, 3.8) is 0 Å². The minimum atomic E-state index is -0.766. The molecule has 1 spiro atoms. The predicted octanol–water partition coefficient (Wildman–Crippen LogP) is 4.62. The third kappa shape index (κ3) is 2.79. The van der Waals surface area contributed by atoms with Crippen LogP contribution in [0.3, 0.4) is 0 Å². The third-order valence-electron chi connectivity index (χ3n) is 5.68. The SMILES string of the molecule is N#CC1C(=O)Nc2sc(C(=O)c3ccc(Br)cc3)c(N)c2C12CCCCC2. The highest BCUT2D eigenvalue weighted by Gasteiger charge is 2.52. The lowest BCUT2D eigenvalue weighted by Crippen LogP contribution is -2.47. The van der Waals surface area contributed by atoms with Gasteiger partial charge in [-0.05, 0) is 37.1 Å². The van der Waals surface area contributed by atoms with E-state index < -0.39 is 11.3 Å². The van der Waals surface area contributed by atoms with Crippen molar-refractivity contribution in [1.29, 1.82) is 5.26 Å². The molecule has 1 aliphatic heterocycles. The van der Waals surface area contributed by atoms with Crippen molar-refractivity contribution in [1.82, 2.24) is 0 Å². The summed E-state index contributed by atoms with van der Waals surface area (Å²) in [4.78, 5) is 26.1. The van der Waals surface area contributed by atoms with E-state index in [-0.39, 0.29) is 11.7 Å². The normalized spacial score (nSPS) is 20.6. The second-order valence-corrected chi connectivity index (χ2v) is 9.09. The summed E-state index contributed by atoms with van der Waals surface area (Å²) >= 11 is 4.59. The van der Waals surface area contributed by atoms with Crippen molar-refractivity contribution in [2.45, 2.75) is 37.5 Å². The molecule has 2 heterocycles. The van der Waals surface area contributed by atoms with Gasteiger partial charge in [0.1, 0.15) is 15.8 Å². The van der Waals surface area contributed by atoms with Gasteiger partial charge in [0.2, 0.25) is 11.7 Å². The van der Waals surface area contributed by atoms with Gasteiger partial charge in [-0.3, -0.25) is 9.59 Å². The molecule has 1 fully saturated rings. The standard InChI is InChI=1S/C20H18BrN3O2S/c21-12-6-4-11(5-7-12)16(25)17-15(23)14-19(27-17)24-18(26)13(10-22)20(14)8-2-1-3-9-20/h4-7,13H,1-3,8-9,23H2,(H,24,26). The maximum atomic E-state index is 13.0. The van der Waals surface area contributed by atoms with Crippen LogP contribution in [0, 0.1) is 17.2 Å². The Morgan fingerprint density at radius 1 is 1.26 bits per heavy atom. The second-order valence-electron chi connectivity index (χ2n) is 7.15. The molecule has 1 amide bonds. The molecule has 1 aromatic heterocycles. The summed E-state index contributed by atoms with van der Waals surface area (Å²) in [5.41, 5.74) is 7.67. The summed E-state index contributed by atoms with van der Waals surface area (Å²) < 4.78 is 0.891. The van der Waals surface area contributed by atoms with Crippen LogP contribution in [0.5, 0.6) is 0 Å². The maximum Gasteiger partial charge on any atom is 0.243 e. The second kappa shape index (κ2) is 6.77. The Kier molecular flexibility index (Phi) is 4.57. The number of thiophene rings is 1. The zero-order chi connectivity index (χ0) is 19.2. The number of halogens is 1. The smallest absolute Gasteiger partial charge is 0.243 e. The number of hydrogen-bond donors (Lipinski definition) is 2. The number of amides is 1. The van der Waals surface area contributed by atoms with Gasteiger partial charge in [0.05, 0.1) is 11.8 Å². The van der Waals surface area contributed by atoms with Crippen molar-refractivity contribution in [2.24, 2.45) is 5.92 Å². The van der Waals surface area contributed by atoms with Crippen LogP contribution in [-0.4, -0.2) is 11.7 Å². The van der Waals surface area contributed by atoms with Gasteiger partial charge in [0, 0.05) is 21.0 Å². The monoisotopic (exact) mass is 443 g/mol. The van der Waals surface area contributed by atoms with Crippen molar-refractivity contribution >= 4 is 49.6 Å². The Balaban J connectivity index is 1.85. The van der Waals surface area contributed by atoms with Gasteiger partial charge >= 0.3 is 0 Å². The lowest BCUT2D eigenvalue weighted by molar-refractivity contribution is -0.121. The number of carbonyl (C=O) groups excluding carboxylic acids is 2. The van der Waals surface area contributed by atoms with Gasteiger partial charge in [-0.25, -0.2) is 0 Å². The number of carbonyl (C=O) groups is 2. The molecule has 1 saturated carbocycles. The van der Waals surface area contributed by atoms with Gasteiger partial charge < -0.3 is 11.1 Å². The number of nitrogens with one attached hydrogen (secondary N) is 1. The molecule has 5 nitrogen and oxygen atoms in total. The highest BCUT2D eigenvalue weighted by atomic mass is 79.9. The molecular formula is C20H18BrN3O2S. The highest BCUT2D eigenvalue weighted by Crippen LogP contribution is 2.56. The van der Waals surface area contributed by atoms with Gasteiger partial charge in [-0.2, -0.15) is 5.26 Å². The molecule has 1 unspecified atom stereocenters. The first kappa shape index (κ1) is 18.2. The van der Waals surface area contributed by atoms with Gasteiger partial charge in [-0.15, -0.1) is 11.3 Å². The Labute approximate surface area is 169 Å². The van der Waals surface area contributed by atoms with Crippen molar-refractivity contribution < 1.29 is 9.59 Å². The summed E-state index contributed by atoms with van der Waals surface area (Å²) in [6.07, 6.45) is 4.49. The number of nitrogens with zero attached hydrogens (tertiary/aromatic N) is 1. The van der Waals surface area contributed by atoms with Crippen LogP contribution in [0.4, 0.5) is 10.7 Å². The Bertz CT molecular complexity index is 968. The Morgan fingerprint density at radius 2 is 1.93 bits per heavy atom. The minimum absolute atomic E-state index is 0.159. The van der Waals surface area contributed by atoms with E-state index in [1.54, 1.807) is 12.1 Å². The molecule has 4 rings (SSSR count). The molecule has 2 aromatic rings. The van der Waals surface area contributed by atoms with Crippen LogP contribution in [0.2, 0.25) is 0 Å². The van der Waals surface area contributed by atoms with E-state index in [1.807, 2.05) is 12.1 Å². The fraction of sp³-hybridized carbons (Fsp3) is 0.350. The van der Waals surface area contributed by atoms with Crippen molar-refractivity contribution in [2.75, 3.05) is 11.1 Å². The van der Waals surface area contributed by atoms with Crippen LogP contribution in [-0.2, 0) is 10.2 Å². The molecule has 1 aliphatic carbocycles. The average Bonchev–Trinajstić information content (AvgIpc) is 2.99. The first-order chi connectivity index (χ1) is 13.0. The molecule has 138 valence electrons. The van der Waals surface area contributed by atoms with Crippen LogP contribution in [0.15, 0.2) is 28.7 Å². The molecule has 2 aliphatic rings. The first-order valence-electron chi connectivity index (χ1n) is 8.91. The summed E-state index contributed by atoms with van der Waals surface area (Å²) in [7, 11) is 0. The fourth-order valence-corrected chi connectivity index (χ4v) is 5.87. The number of ketones is 1. The van der Waals surface area contributed by atoms with Crippen LogP contribution in [0.25, 0.3) is 0 Å². The van der Waals surface area contributed by atoms with Crippen LogP contribution >= 0.6 is 27.3 Å². The molecule has 0 bridgehead atoms. The summed E-state index contributed by atoms with van der Waals surface area (Å²) in [6, 6.07) is 9.33. The molecule has 1 atom stereocenters. The van der Waals surface area contributed by atoms with E-state index >= 15 is 0 Å². The van der Waals surface area contributed by atoms with E-state index in [2.05, 4.69) is 27.3 Å². The van der Waals surface area contributed by atoms with Crippen LogP contribution < -0.4 is 11.1 Å². The van der Waals surface area contributed by atoms with E-state index in [0.29, 0.717) is 21.1 Å². The topological polar surface area (TPSA) is 96.0 Å². The molecular weight excluding hydrogens is 426 g/mol. The van der Waals surface area contributed by atoms with E-state index in [4.69, 9.17) is 5.73 Å².